The molecule has 1 aliphatic rings. The summed E-state index contributed by atoms with van der Waals surface area (Å²) >= 11 is 1.40. The molecule has 0 spiro atoms. The number of aryl methyl sites for hydroxylation is 1. The van der Waals surface area contributed by atoms with Crippen LogP contribution < -0.4 is 10.6 Å². The minimum Gasteiger partial charge on any atom is -0.469 e. The van der Waals surface area contributed by atoms with Gasteiger partial charge in [0.1, 0.15) is 10.8 Å². The number of carbonyl (C=O) groups excluding carboxylic acids is 3. The molecule has 0 saturated heterocycles. The fraction of sp³-hybridized carbons (Fsp3) is 0.435. The number of thiophene rings is 1. The second-order valence-corrected chi connectivity index (χ2v) is 8.82. The van der Waals surface area contributed by atoms with Gasteiger partial charge in [-0.25, -0.2) is 4.39 Å². The molecular formula is C23H27FN2O4S. The van der Waals surface area contributed by atoms with Crippen LogP contribution in [0.2, 0.25) is 0 Å². The third-order valence-electron chi connectivity index (χ3n) is 5.61. The largest absolute Gasteiger partial charge is 0.469 e. The van der Waals surface area contributed by atoms with Gasteiger partial charge in [0, 0.05) is 17.3 Å². The van der Waals surface area contributed by atoms with Gasteiger partial charge in [-0.2, -0.15) is 0 Å². The van der Waals surface area contributed by atoms with Crippen LogP contribution in [0.1, 0.15) is 53.4 Å². The van der Waals surface area contributed by atoms with Crippen LogP contribution >= 0.6 is 11.3 Å². The quantitative estimate of drug-likeness (QED) is 0.621. The maximum absolute atomic E-state index is 13.1. The number of benzene rings is 1. The number of methoxy groups -OCH3 is 1. The molecule has 0 aliphatic heterocycles. The molecule has 2 amide bonds. The monoisotopic (exact) mass is 446 g/mol. The second-order valence-electron chi connectivity index (χ2n) is 7.68. The molecule has 0 unspecified atom stereocenters. The highest BCUT2D eigenvalue weighted by Gasteiger charge is 2.31. The normalized spacial score (nSPS) is 18.3. The smallest absolute Gasteiger partial charge is 0.308 e. The van der Waals surface area contributed by atoms with E-state index in [1.165, 1.54) is 30.6 Å². The first kappa shape index (κ1) is 22.9. The predicted molar refractivity (Wildman–Crippen MR) is 117 cm³/mol. The Labute approximate surface area is 185 Å². The van der Waals surface area contributed by atoms with E-state index in [-0.39, 0.29) is 42.0 Å². The molecule has 31 heavy (non-hydrogen) atoms. The van der Waals surface area contributed by atoms with E-state index < -0.39 is 0 Å². The van der Waals surface area contributed by atoms with Crippen LogP contribution in [0.25, 0.3) is 0 Å². The van der Waals surface area contributed by atoms with Crippen LogP contribution in [-0.4, -0.2) is 24.9 Å². The summed E-state index contributed by atoms with van der Waals surface area (Å²) < 4.78 is 17.8. The van der Waals surface area contributed by atoms with Gasteiger partial charge in [0.05, 0.1) is 18.6 Å². The van der Waals surface area contributed by atoms with Crippen LogP contribution in [0, 0.1) is 17.7 Å². The Morgan fingerprint density at radius 1 is 1.10 bits per heavy atom. The number of amides is 2. The van der Waals surface area contributed by atoms with Gasteiger partial charge >= 0.3 is 5.97 Å². The Morgan fingerprint density at radius 3 is 2.35 bits per heavy atom. The van der Waals surface area contributed by atoms with Crippen molar-refractivity contribution in [2.45, 2.75) is 45.6 Å². The zero-order chi connectivity index (χ0) is 22.4. The third kappa shape index (κ3) is 5.91. The van der Waals surface area contributed by atoms with Gasteiger partial charge in [-0.1, -0.05) is 19.1 Å². The summed E-state index contributed by atoms with van der Waals surface area (Å²) in [7, 11) is 1.38. The van der Waals surface area contributed by atoms with Crippen LogP contribution in [0.3, 0.4) is 0 Å². The Hall–Kier alpha value is -2.74. The standard InChI is InChI=1S/C23H27FN2O4S/c1-3-18-12-19(21(28)25-13-14-4-10-17(24)11-5-14)22(31-18)26-20(27)15-6-8-16(9-7-15)23(29)30-2/h4-5,10-12,15-16H,3,6-9,13H2,1-2H3,(H,25,28)(H,26,27). The number of hydrogen-bond donors (Lipinski definition) is 2. The van der Waals surface area contributed by atoms with Gasteiger partial charge in [0.25, 0.3) is 5.91 Å². The molecule has 8 heteroatoms. The molecule has 1 aliphatic carbocycles. The van der Waals surface area contributed by atoms with Crippen molar-refractivity contribution in [2.24, 2.45) is 11.8 Å². The zero-order valence-electron chi connectivity index (χ0n) is 17.7. The fourth-order valence-electron chi connectivity index (χ4n) is 3.73. The van der Waals surface area contributed by atoms with E-state index in [1.54, 1.807) is 18.2 Å². The lowest BCUT2D eigenvalue weighted by Crippen LogP contribution is -2.30. The lowest BCUT2D eigenvalue weighted by Gasteiger charge is -2.26. The lowest BCUT2D eigenvalue weighted by molar-refractivity contribution is -0.147. The van der Waals surface area contributed by atoms with Gasteiger partial charge in [-0.3, -0.25) is 14.4 Å². The van der Waals surface area contributed by atoms with Gasteiger partial charge in [-0.15, -0.1) is 11.3 Å². The van der Waals surface area contributed by atoms with Crippen molar-refractivity contribution in [3.05, 3.63) is 52.2 Å². The van der Waals surface area contributed by atoms with E-state index in [0.717, 1.165) is 16.9 Å². The van der Waals surface area contributed by atoms with E-state index in [0.29, 0.717) is 36.2 Å². The highest BCUT2D eigenvalue weighted by molar-refractivity contribution is 7.16. The number of ether oxygens (including phenoxy) is 1. The van der Waals surface area contributed by atoms with Crippen LogP contribution in [-0.2, 0) is 27.3 Å². The number of hydrogen-bond acceptors (Lipinski definition) is 5. The lowest BCUT2D eigenvalue weighted by atomic mass is 9.81. The van der Waals surface area contributed by atoms with Crippen molar-refractivity contribution < 1.29 is 23.5 Å². The number of rotatable bonds is 7. The van der Waals surface area contributed by atoms with Crippen molar-refractivity contribution in [3.8, 4) is 0 Å². The van der Waals surface area contributed by atoms with Crippen molar-refractivity contribution >= 4 is 34.1 Å². The van der Waals surface area contributed by atoms with E-state index in [2.05, 4.69) is 10.6 Å². The average Bonchev–Trinajstić information content (AvgIpc) is 3.21. The maximum Gasteiger partial charge on any atom is 0.308 e. The van der Waals surface area contributed by atoms with Crippen molar-refractivity contribution in [1.82, 2.24) is 5.32 Å². The molecule has 6 nitrogen and oxygen atoms in total. The Balaban J connectivity index is 1.63. The fourth-order valence-corrected chi connectivity index (χ4v) is 4.73. The minimum atomic E-state index is -0.328. The Bertz CT molecular complexity index is 934. The molecule has 1 fully saturated rings. The van der Waals surface area contributed by atoms with Gasteiger partial charge in [0.15, 0.2) is 0 Å². The summed E-state index contributed by atoms with van der Waals surface area (Å²) in [6.45, 7) is 2.26. The SMILES string of the molecule is CCc1cc(C(=O)NCc2ccc(F)cc2)c(NC(=O)C2CCC(C(=O)OC)CC2)s1. The molecule has 1 heterocycles. The third-order valence-corrected chi connectivity index (χ3v) is 6.81. The molecule has 0 bridgehead atoms. The maximum atomic E-state index is 13.1. The number of carbonyl (C=O) groups is 3. The van der Waals surface area contributed by atoms with E-state index >= 15 is 0 Å². The highest BCUT2D eigenvalue weighted by atomic mass is 32.1. The van der Waals surface area contributed by atoms with E-state index in [4.69, 9.17) is 4.74 Å². The summed E-state index contributed by atoms with van der Waals surface area (Å²) in [5.41, 5.74) is 1.22. The molecule has 2 aromatic rings. The van der Waals surface area contributed by atoms with Crippen LogP contribution in [0.4, 0.5) is 9.39 Å². The average molecular weight is 447 g/mol. The molecule has 0 radical (unpaired) electrons. The molecule has 1 aromatic carbocycles. The molecule has 3 rings (SSSR count). The summed E-state index contributed by atoms with van der Waals surface area (Å²) in [5, 5.41) is 6.30. The Morgan fingerprint density at radius 2 is 1.74 bits per heavy atom. The van der Waals surface area contributed by atoms with Crippen LogP contribution in [0.5, 0.6) is 0 Å². The first-order valence-electron chi connectivity index (χ1n) is 10.4. The minimum absolute atomic E-state index is 0.125. The topological polar surface area (TPSA) is 84.5 Å². The van der Waals surface area contributed by atoms with Gasteiger partial charge in [0.2, 0.25) is 5.91 Å². The summed E-state index contributed by atoms with van der Waals surface area (Å²) in [5.74, 6) is -1.29. The molecule has 2 N–H and O–H groups in total. The molecule has 1 saturated carbocycles. The summed E-state index contributed by atoms with van der Waals surface area (Å²) in [4.78, 5) is 38.3. The highest BCUT2D eigenvalue weighted by Crippen LogP contribution is 2.33. The van der Waals surface area contributed by atoms with Crippen molar-refractivity contribution in [3.63, 3.8) is 0 Å². The number of anilines is 1. The second kappa shape index (κ2) is 10.5. The Kier molecular flexibility index (Phi) is 7.79. The van der Waals surface area contributed by atoms with Crippen molar-refractivity contribution in [2.75, 3.05) is 12.4 Å². The van der Waals surface area contributed by atoms with Crippen molar-refractivity contribution in [1.29, 1.82) is 0 Å². The van der Waals surface area contributed by atoms with E-state index in [9.17, 15) is 18.8 Å². The van der Waals surface area contributed by atoms with Gasteiger partial charge < -0.3 is 15.4 Å². The van der Waals surface area contributed by atoms with Gasteiger partial charge in [-0.05, 0) is 55.9 Å². The van der Waals surface area contributed by atoms with E-state index in [1.807, 2.05) is 6.92 Å². The number of halogens is 1. The predicted octanol–water partition coefficient (Wildman–Crippen LogP) is 4.30. The number of esters is 1. The molecule has 0 atom stereocenters. The zero-order valence-corrected chi connectivity index (χ0v) is 18.5. The molecule has 166 valence electrons. The molecular weight excluding hydrogens is 419 g/mol. The summed E-state index contributed by atoms with van der Waals surface area (Å²) in [6.07, 6.45) is 3.23. The first-order chi connectivity index (χ1) is 14.9. The first-order valence-corrected chi connectivity index (χ1v) is 11.3. The molecule has 1 aromatic heterocycles. The number of nitrogens with one attached hydrogen (secondary N) is 2. The summed E-state index contributed by atoms with van der Waals surface area (Å²) in [6, 6.07) is 7.74. The van der Waals surface area contributed by atoms with Crippen LogP contribution in [0.15, 0.2) is 30.3 Å².